The van der Waals surface area contributed by atoms with Crippen molar-refractivity contribution in [2.75, 3.05) is 47.1 Å². The lowest BCUT2D eigenvalue weighted by molar-refractivity contribution is 0.0887. The van der Waals surface area contributed by atoms with Gasteiger partial charge in [-0.05, 0) is 18.9 Å². The van der Waals surface area contributed by atoms with Crippen molar-refractivity contribution < 1.29 is 9.47 Å². The maximum Gasteiger partial charge on any atom is 0.193 e. The van der Waals surface area contributed by atoms with Crippen LogP contribution in [-0.4, -0.2) is 62.5 Å². The summed E-state index contributed by atoms with van der Waals surface area (Å²) in [4.78, 5) is 6.42. The molecule has 1 fully saturated rings. The molecule has 0 aromatic carbocycles. The van der Waals surface area contributed by atoms with Crippen LogP contribution in [0.2, 0.25) is 5.02 Å². The maximum absolute atomic E-state index is 6.03. The van der Waals surface area contributed by atoms with Crippen molar-refractivity contribution >= 4 is 41.5 Å². The second kappa shape index (κ2) is 12.0. The van der Waals surface area contributed by atoms with E-state index in [4.69, 9.17) is 21.1 Å². The predicted octanol–water partition coefficient (Wildman–Crippen LogP) is 2.75. The van der Waals surface area contributed by atoms with Crippen LogP contribution < -0.4 is 5.32 Å². The first kappa shape index (κ1) is 22.5. The van der Waals surface area contributed by atoms with E-state index in [0.717, 1.165) is 69.0 Å². The lowest BCUT2D eigenvalue weighted by Crippen LogP contribution is -2.39. The summed E-state index contributed by atoms with van der Waals surface area (Å²) in [6.45, 7) is 4.89. The molecule has 1 saturated heterocycles. The quantitative estimate of drug-likeness (QED) is 0.267. The van der Waals surface area contributed by atoms with Crippen molar-refractivity contribution in [3.8, 4) is 0 Å². The Kier molecular flexibility index (Phi) is 10.8. The maximum atomic E-state index is 6.03. The molecular weight excluding hydrogens is 455 g/mol. The molecule has 8 heteroatoms. The lowest BCUT2D eigenvalue weighted by Gasteiger charge is -2.22. The zero-order valence-electron chi connectivity index (χ0n) is 15.3. The molecule has 1 N–H and O–H groups in total. The van der Waals surface area contributed by atoms with Crippen molar-refractivity contribution in [2.45, 2.75) is 19.4 Å². The van der Waals surface area contributed by atoms with E-state index in [1.54, 1.807) is 7.05 Å². The zero-order chi connectivity index (χ0) is 17.4. The number of aryl methyl sites for hydroxylation is 1. The van der Waals surface area contributed by atoms with Crippen LogP contribution in [0.3, 0.4) is 0 Å². The SMILES string of the molecule is CN=C(NCCCOCC1CCOC1)N(C)Cc1cc(Cl)cn1C.I. The fourth-order valence-corrected chi connectivity index (χ4v) is 3.04. The summed E-state index contributed by atoms with van der Waals surface area (Å²) in [5, 5.41) is 4.13. The van der Waals surface area contributed by atoms with E-state index in [2.05, 4.69) is 15.2 Å². The van der Waals surface area contributed by atoms with Crippen LogP contribution in [-0.2, 0) is 23.1 Å². The highest BCUT2D eigenvalue weighted by Crippen LogP contribution is 2.14. The van der Waals surface area contributed by atoms with Gasteiger partial charge in [0.05, 0.1) is 24.8 Å². The average molecular weight is 485 g/mol. The Balaban J connectivity index is 0.00000312. The van der Waals surface area contributed by atoms with Crippen molar-refractivity contribution in [2.24, 2.45) is 18.0 Å². The molecular formula is C17H30ClIN4O2. The molecule has 0 spiro atoms. The van der Waals surface area contributed by atoms with Gasteiger partial charge >= 0.3 is 0 Å². The highest BCUT2D eigenvalue weighted by Gasteiger charge is 2.15. The van der Waals surface area contributed by atoms with E-state index in [0.29, 0.717) is 5.92 Å². The number of hydrogen-bond donors (Lipinski definition) is 1. The monoisotopic (exact) mass is 484 g/mol. The van der Waals surface area contributed by atoms with E-state index < -0.39 is 0 Å². The standard InChI is InChI=1S/C17H29ClN4O2.HI/c1-19-17(22(3)11-16-9-15(18)10-21(16)2)20-6-4-7-23-12-14-5-8-24-13-14;/h9-10,14H,4-8,11-13H2,1-3H3,(H,19,20);1H. The van der Waals surface area contributed by atoms with Crippen LogP contribution in [0, 0.1) is 5.92 Å². The second-order valence-electron chi connectivity index (χ2n) is 6.25. The van der Waals surface area contributed by atoms with Crippen LogP contribution >= 0.6 is 35.6 Å². The van der Waals surface area contributed by atoms with E-state index in [-0.39, 0.29) is 24.0 Å². The topological polar surface area (TPSA) is 51.0 Å². The van der Waals surface area contributed by atoms with Crippen LogP contribution in [0.1, 0.15) is 18.5 Å². The lowest BCUT2D eigenvalue weighted by atomic mass is 10.1. The highest BCUT2D eigenvalue weighted by atomic mass is 127. The van der Waals surface area contributed by atoms with Crippen molar-refractivity contribution in [1.82, 2.24) is 14.8 Å². The van der Waals surface area contributed by atoms with E-state index in [9.17, 15) is 0 Å². The minimum atomic E-state index is 0. The van der Waals surface area contributed by atoms with Gasteiger partial charge in [0.2, 0.25) is 0 Å². The Morgan fingerprint density at radius 3 is 2.96 bits per heavy atom. The van der Waals surface area contributed by atoms with Crippen LogP contribution in [0.4, 0.5) is 0 Å². The third-order valence-corrected chi connectivity index (χ3v) is 4.38. The summed E-state index contributed by atoms with van der Waals surface area (Å²) < 4.78 is 13.1. The van der Waals surface area contributed by atoms with Crippen molar-refractivity contribution in [3.05, 3.63) is 23.0 Å². The summed E-state index contributed by atoms with van der Waals surface area (Å²) in [6.07, 6.45) is 3.99. The van der Waals surface area contributed by atoms with E-state index in [1.807, 2.05) is 30.9 Å². The molecule has 1 unspecified atom stereocenters. The van der Waals surface area contributed by atoms with Gasteiger partial charge in [-0.2, -0.15) is 0 Å². The Hall–Kier alpha value is -0.510. The average Bonchev–Trinajstić information content (AvgIpc) is 3.16. The summed E-state index contributed by atoms with van der Waals surface area (Å²) in [6, 6.07) is 1.98. The molecule has 1 aromatic rings. The fraction of sp³-hybridized carbons (Fsp3) is 0.706. The third kappa shape index (κ3) is 7.72. The summed E-state index contributed by atoms with van der Waals surface area (Å²) in [5.41, 5.74) is 1.15. The number of ether oxygens (including phenoxy) is 2. The van der Waals surface area contributed by atoms with Gasteiger partial charge in [0.15, 0.2) is 5.96 Å². The molecule has 0 bridgehead atoms. The number of nitrogens with one attached hydrogen (secondary N) is 1. The molecule has 0 amide bonds. The predicted molar refractivity (Wildman–Crippen MR) is 113 cm³/mol. The number of halogens is 2. The molecule has 0 saturated carbocycles. The molecule has 1 aliphatic rings. The van der Waals surface area contributed by atoms with Gasteiger partial charge in [0.1, 0.15) is 0 Å². The van der Waals surface area contributed by atoms with Gasteiger partial charge in [-0.15, -0.1) is 24.0 Å². The van der Waals surface area contributed by atoms with E-state index >= 15 is 0 Å². The molecule has 144 valence electrons. The summed E-state index contributed by atoms with van der Waals surface area (Å²) in [5.74, 6) is 1.45. The number of nitrogens with zero attached hydrogens (tertiary/aromatic N) is 3. The van der Waals surface area contributed by atoms with Crippen LogP contribution in [0.25, 0.3) is 0 Å². The number of aromatic nitrogens is 1. The third-order valence-electron chi connectivity index (χ3n) is 4.17. The van der Waals surface area contributed by atoms with Gasteiger partial charge < -0.3 is 24.3 Å². The van der Waals surface area contributed by atoms with Gasteiger partial charge in [0, 0.05) is 58.7 Å². The first-order valence-corrected chi connectivity index (χ1v) is 8.86. The van der Waals surface area contributed by atoms with Gasteiger partial charge in [-0.1, -0.05) is 11.6 Å². The van der Waals surface area contributed by atoms with Gasteiger partial charge in [0.25, 0.3) is 0 Å². The number of guanidine groups is 1. The van der Waals surface area contributed by atoms with Crippen LogP contribution in [0.5, 0.6) is 0 Å². The smallest absolute Gasteiger partial charge is 0.193 e. The molecule has 0 radical (unpaired) electrons. The Morgan fingerprint density at radius 2 is 2.36 bits per heavy atom. The first-order valence-electron chi connectivity index (χ1n) is 8.48. The van der Waals surface area contributed by atoms with Gasteiger partial charge in [-0.25, -0.2) is 0 Å². The molecule has 25 heavy (non-hydrogen) atoms. The molecule has 6 nitrogen and oxygen atoms in total. The Morgan fingerprint density at radius 1 is 1.56 bits per heavy atom. The molecule has 2 rings (SSSR count). The normalized spacial score (nSPS) is 17.4. The Labute approximate surface area is 172 Å². The highest BCUT2D eigenvalue weighted by molar-refractivity contribution is 14.0. The largest absolute Gasteiger partial charge is 0.381 e. The van der Waals surface area contributed by atoms with Crippen LogP contribution in [0.15, 0.2) is 17.3 Å². The summed E-state index contributed by atoms with van der Waals surface area (Å²) in [7, 11) is 5.82. The second-order valence-corrected chi connectivity index (χ2v) is 6.69. The molecule has 0 aliphatic carbocycles. The number of hydrogen-bond acceptors (Lipinski definition) is 3. The Bertz CT molecular complexity index is 533. The van der Waals surface area contributed by atoms with Crippen molar-refractivity contribution in [3.63, 3.8) is 0 Å². The zero-order valence-corrected chi connectivity index (χ0v) is 18.4. The minimum absolute atomic E-state index is 0. The summed E-state index contributed by atoms with van der Waals surface area (Å²) >= 11 is 6.03. The molecule has 2 heterocycles. The molecule has 1 aromatic heterocycles. The fourth-order valence-electron chi connectivity index (χ4n) is 2.77. The first-order chi connectivity index (χ1) is 11.6. The number of rotatable bonds is 8. The molecule has 1 aliphatic heterocycles. The minimum Gasteiger partial charge on any atom is -0.381 e. The van der Waals surface area contributed by atoms with Crippen molar-refractivity contribution in [1.29, 1.82) is 0 Å². The number of aliphatic imine (C=N–C) groups is 1. The van der Waals surface area contributed by atoms with Gasteiger partial charge in [-0.3, -0.25) is 4.99 Å². The van der Waals surface area contributed by atoms with E-state index in [1.165, 1.54) is 0 Å². The molecule has 1 atom stereocenters.